The molecule has 0 saturated carbocycles. The molecular formula is C25H17Cl2N3O3S. The number of hydrogen-bond donors (Lipinski definition) is 1. The maximum absolute atomic E-state index is 13.1. The van der Waals surface area contributed by atoms with E-state index in [1.807, 2.05) is 48.5 Å². The molecule has 0 bridgehead atoms. The fourth-order valence-corrected chi connectivity index (χ4v) is 5.28. The highest BCUT2D eigenvalue weighted by molar-refractivity contribution is 7.92. The van der Waals surface area contributed by atoms with Crippen LogP contribution >= 0.6 is 23.2 Å². The molecule has 0 radical (unpaired) electrons. The van der Waals surface area contributed by atoms with E-state index < -0.39 is 10.0 Å². The number of para-hydroxylation sites is 2. The van der Waals surface area contributed by atoms with Gasteiger partial charge in [-0.1, -0.05) is 71.7 Å². The zero-order chi connectivity index (χ0) is 23.7. The largest absolute Gasteiger partial charge is 0.470 e. The van der Waals surface area contributed by atoms with Gasteiger partial charge in [0.25, 0.3) is 15.9 Å². The number of benzene rings is 4. The number of sulfonamides is 1. The monoisotopic (exact) mass is 509 g/mol. The Hall–Kier alpha value is -3.39. The van der Waals surface area contributed by atoms with Gasteiger partial charge in [0, 0.05) is 5.02 Å². The van der Waals surface area contributed by atoms with Crippen LogP contribution < -0.4 is 9.46 Å². The van der Waals surface area contributed by atoms with Crippen molar-refractivity contribution in [1.29, 1.82) is 0 Å². The molecule has 170 valence electrons. The van der Waals surface area contributed by atoms with Gasteiger partial charge in [-0.15, -0.1) is 0 Å². The van der Waals surface area contributed by atoms with Gasteiger partial charge in [0.15, 0.2) is 0 Å². The lowest BCUT2D eigenvalue weighted by atomic mass is 10.1. The van der Waals surface area contributed by atoms with Crippen molar-refractivity contribution in [3.8, 4) is 5.88 Å². The van der Waals surface area contributed by atoms with E-state index in [9.17, 15) is 8.42 Å². The molecule has 0 aliphatic carbocycles. The molecule has 5 aromatic rings. The highest BCUT2D eigenvalue weighted by Gasteiger charge is 2.22. The zero-order valence-electron chi connectivity index (χ0n) is 17.6. The van der Waals surface area contributed by atoms with E-state index in [2.05, 4.69) is 14.7 Å². The van der Waals surface area contributed by atoms with Crippen molar-refractivity contribution in [3.05, 3.63) is 101 Å². The average Bonchev–Trinajstić information content (AvgIpc) is 2.82. The summed E-state index contributed by atoms with van der Waals surface area (Å²) in [4.78, 5) is 8.82. The number of fused-ring (bicyclic) bond motifs is 2. The van der Waals surface area contributed by atoms with Crippen LogP contribution in [0.4, 0.5) is 5.82 Å². The molecule has 0 spiro atoms. The number of nitrogens with zero attached hydrogens (tertiary/aromatic N) is 2. The second-order valence-electron chi connectivity index (χ2n) is 7.52. The lowest BCUT2D eigenvalue weighted by molar-refractivity contribution is 0.296. The molecule has 6 nitrogen and oxygen atoms in total. The molecule has 9 heteroatoms. The second-order valence-corrected chi connectivity index (χ2v) is 10.0. The molecule has 0 aliphatic heterocycles. The average molecular weight is 510 g/mol. The number of aromatic nitrogens is 2. The molecule has 0 fully saturated rings. The quantitative estimate of drug-likeness (QED) is 0.283. The van der Waals surface area contributed by atoms with Crippen LogP contribution in [0.2, 0.25) is 10.0 Å². The summed E-state index contributed by atoms with van der Waals surface area (Å²) in [6.07, 6.45) is 0. The van der Waals surface area contributed by atoms with Crippen molar-refractivity contribution in [2.24, 2.45) is 0 Å². The minimum atomic E-state index is -4.09. The summed E-state index contributed by atoms with van der Waals surface area (Å²) in [5.41, 5.74) is 1.99. The SMILES string of the molecule is O=S(=O)(Nc1nc2ccccc2nc1OCc1ccc2ccccc2c1)c1ccc(Cl)cc1Cl. The van der Waals surface area contributed by atoms with Crippen molar-refractivity contribution in [2.45, 2.75) is 11.5 Å². The predicted octanol–water partition coefficient (Wildman–Crippen LogP) is 6.47. The summed E-state index contributed by atoms with van der Waals surface area (Å²) in [7, 11) is -4.09. The van der Waals surface area contributed by atoms with E-state index in [1.54, 1.807) is 18.2 Å². The molecule has 0 atom stereocenters. The molecule has 0 amide bonds. The van der Waals surface area contributed by atoms with Crippen molar-refractivity contribution in [3.63, 3.8) is 0 Å². The van der Waals surface area contributed by atoms with Crippen molar-refractivity contribution < 1.29 is 13.2 Å². The first kappa shape index (κ1) is 22.4. The van der Waals surface area contributed by atoms with E-state index >= 15 is 0 Å². The van der Waals surface area contributed by atoms with Crippen molar-refractivity contribution >= 4 is 60.8 Å². The van der Waals surface area contributed by atoms with Crippen molar-refractivity contribution in [2.75, 3.05) is 4.72 Å². The highest BCUT2D eigenvalue weighted by Crippen LogP contribution is 2.30. The van der Waals surface area contributed by atoms with Gasteiger partial charge in [-0.05, 0) is 52.7 Å². The highest BCUT2D eigenvalue weighted by atomic mass is 35.5. The number of nitrogens with one attached hydrogen (secondary N) is 1. The Morgan fingerprint density at radius 2 is 1.50 bits per heavy atom. The van der Waals surface area contributed by atoms with Gasteiger partial charge in [0.1, 0.15) is 11.5 Å². The van der Waals surface area contributed by atoms with Gasteiger partial charge in [-0.2, -0.15) is 0 Å². The third-order valence-electron chi connectivity index (χ3n) is 5.14. The number of rotatable bonds is 6. The molecule has 1 aromatic heterocycles. The number of halogens is 2. The van der Waals surface area contributed by atoms with Crippen LogP contribution in [0.25, 0.3) is 21.8 Å². The van der Waals surface area contributed by atoms with Gasteiger partial charge in [0.2, 0.25) is 5.82 Å². The minimum absolute atomic E-state index is 0.00706. The van der Waals surface area contributed by atoms with E-state index in [1.165, 1.54) is 18.2 Å². The smallest absolute Gasteiger partial charge is 0.264 e. The zero-order valence-corrected chi connectivity index (χ0v) is 19.9. The number of hydrogen-bond acceptors (Lipinski definition) is 5. The Morgan fingerprint density at radius 3 is 2.26 bits per heavy atom. The molecule has 1 heterocycles. The Bertz CT molecular complexity index is 1640. The van der Waals surface area contributed by atoms with Gasteiger partial charge in [-0.3, -0.25) is 4.72 Å². The van der Waals surface area contributed by atoms with Gasteiger partial charge in [-0.25, -0.2) is 18.4 Å². The molecule has 0 unspecified atom stereocenters. The summed E-state index contributed by atoms with van der Waals surface area (Å²) in [6, 6.07) is 25.2. The molecule has 34 heavy (non-hydrogen) atoms. The molecule has 1 N–H and O–H groups in total. The normalized spacial score (nSPS) is 11.6. The van der Waals surface area contributed by atoms with Crippen molar-refractivity contribution in [1.82, 2.24) is 9.97 Å². The lowest BCUT2D eigenvalue weighted by Gasteiger charge is -2.14. The second kappa shape index (κ2) is 9.10. The minimum Gasteiger partial charge on any atom is -0.470 e. The first-order valence-electron chi connectivity index (χ1n) is 10.2. The van der Waals surface area contributed by atoms with Crippen LogP contribution in [0.3, 0.4) is 0 Å². The Labute approximate surface area is 206 Å². The lowest BCUT2D eigenvalue weighted by Crippen LogP contribution is -2.16. The summed E-state index contributed by atoms with van der Waals surface area (Å²) < 4.78 is 34.6. The Morgan fingerprint density at radius 1 is 0.794 bits per heavy atom. The van der Waals surface area contributed by atoms with Crippen LogP contribution in [0.5, 0.6) is 5.88 Å². The van der Waals surface area contributed by atoms with Gasteiger partial charge < -0.3 is 4.74 Å². The Balaban J connectivity index is 1.50. The molecule has 4 aromatic carbocycles. The third kappa shape index (κ3) is 4.63. The van der Waals surface area contributed by atoms with Crippen LogP contribution in [0.1, 0.15) is 5.56 Å². The van der Waals surface area contributed by atoms with Crippen LogP contribution in [0.15, 0.2) is 89.8 Å². The summed E-state index contributed by atoms with van der Waals surface area (Å²) >= 11 is 12.0. The fraction of sp³-hybridized carbons (Fsp3) is 0.0400. The topological polar surface area (TPSA) is 81.2 Å². The number of anilines is 1. The van der Waals surface area contributed by atoms with E-state index in [4.69, 9.17) is 27.9 Å². The predicted molar refractivity (Wildman–Crippen MR) is 135 cm³/mol. The first-order chi connectivity index (χ1) is 16.4. The van der Waals surface area contributed by atoms with Gasteiger partial charge in [0.05, 0.1) is 16.1 Å². The summed E-state index contributed by atoms with van der Waals surface area (Å²) in [5.74, 6) is 0.0195. The fourth-order valence-electron chi connectivity index (χ4n) is 3.51. The summed E-state index contributed by atoms with van der Waals surface area (Å²) in [5, 5.41) is 2.51. The summed E-state index contributed by atoms with van der Waals surface area (Å²) in [6.45, 7) is 0.175. The molecule has 5 rings (SSSR count). The van der Waals surface area contributed by atoms with Gasteiger partial charge >= 0.3 is 0 Å². The van der Waals surface area contributed by atoms with Crippen LogP contribution in [-0.4, -0.2) is 18.4 Å². The first-order valence-corrected chi connectivity index (χ1v) is 12.5. The van der Waals surface area contributed by atoms with Crippen LogP contribution in [-0.2, 0) is 16.6 Å². The van der Waals surface area contributed by atoms with Crippen LogP contribution in [0, 0.1) is 0 Å². The standard InChI is InChI=1S/C25H17Cl2N3O3S/c26-19-11-12-23(20(27)14-19)34(31,32)30-24-25(29-22-8-4-3-7-21(22)28-24)33-15-16-9-10-17-5-1-2-6-18(17)13-16/h1-14H,15H2,(H,28,30). The van der Waals surface area contributed by atoms with E-state index in [0.717, 1.165) is 16.3 Å². The Kier molecular flexibility index (Phi) is 6.00. The molecule has 0 saturated heterocycles. The molecular weight excluding hydrogens is 493 g/mol. The maximum atomic E-state index is 13.1. The van der Waals surface area contributed by atoms with E-state index in [-0.39, 0.29) is 28.2 Å². The number of ether oxygens (including phenoxy) is 1. The maximum Gasteiger partial charge on any atom is 0.264 e. The molecule has 0 aliphatic rings. The van der Waals surface area contributed by atoms with E-state index in [0.29, 0.717) is 16.1 Å². The third-order valence-corrected chi connectivity index (χ3v) is 7.20.